The maximum atomic E-state index is 9.93. The van der Waals surface area contributed by atoms with Gasteiger partial charge in [0.2, 0.25) is 0 Å². The lowest BCUT2D eigenvalue weighted by atomic mass is 10.1. The largest absolute Gasteiger partial charge is 0.507 e. The van der Waals surface area contributed by atoms with Gasteiger partial charge in [0.25, 0.3) is 0 Å². The van der Waals surface area contributed by atoms with Crippen LogP contribution in [0.2, 0.25) is 5.15 Å². The molecule has 0 unspecified atom stereocenters. The molecule has 0 aliphatic heterocycles. The van der Waals surface area contributed by atoms with E-state index >= 15 is 0 Å². The highest BCUT2D eigenvalue weighted by Gasteiger charge is 2.13. The van der Waals surface area contributed by atoms with Crippen LogP contribution in [-0.4, -0.2) is 24.9 Å². The fourth-order valence-electron chi connectivity index (χ4n) is 2.07. The zero-order valence-electron chi connectivity index (χ0n) is 11.1. The Kier molecular flexibility index (Phi) is 2.99. The monoisotopic (exact) mass is 288 g/mol. The third kappa shape index (κ3) is 2.06. The minimum Gasteiger partial charge on any atom is -0.507 e. The summed E-state index contributed by atoms with van der Waals surface area (Å²) in [5, 5.41) is 17.6. The zero-order valence-corrected chi connectivity index (χ0v) is 11.8. The summed E-state index contributed by atoms with van der Waals surface area (Å²) in [6, 6.07) is 7.25. The van der Waals surface area contributed by atoms with E-state index in [1.54, 1.807) is 16.8 Å². The Bertz CT molecular complexity index is 775. The van der Waals surface area contributed by atoms with Crippen LogP contribution in [0.3, 0.4) is 0 Å². The average molecular weight is 289 g/mol. The third-order valence-electron chi connectivity index (χ3n) is 3.18. The van der Waals surface area contributed by atoms with Gasteiger partial charge < -0.3 is 9.67 Å². The Balaban J connectivity index is 2.06. The number of halogens is 1. The van der Waals surface area contributed by atoms with Crippen molar-refractivity contribution in [3.8, 4) is 28.5 Å². The second-order valence-electron chi connectivity index (χ2n) is 4.65. The number of hydrogen-bond donors (Lipinski definition) is 2. The maximum Gasteiger partial charge on any atom is 0.158 e. The Labute approximate surface area is 120 Å². The fraction of sp³-hybridized carbons (Fsp3) is 0.143. The molecule has 0 fully saturated rings. The van der Waals surface area contributed by atoms with Crippen molar-refractivity contribution in [1.29, 1.82) is 0 Å². The molecule has 20 heavy (non-hydrogen) atoms. The molecule has 3 rings (SSSR count). The molecule has 0 bridgehead atoms. The van der Waals surface area contributed by atoms with Gasteiger partial charge in [-0.2, -0.15) is 5.10 Å². The van der Waals surface area contributed by atoms with Crippen molar-refractivity contribution in [3.05, 3.63) is 41.2 Å². The number of H-pyrrole nitrogens is 1. The van der Waals surface area contributed by atoms with Gasteiger partial charge in [-0.3, -0.25) is 5.10 Å². The quantitative estimate of drug-likeness (QED) is 0.761. The van der Waals surface area contributed by atoms with E-state index < -0.39 is 0 Å². The van der Waals surface area contributed by atoms with Crippen molar-refractivity contribution in [2.75, 3.05) is 0 Å². The Hall–Kier alpha value is -2.27. The molecule has 0 amide bonds. The summed E-state index contributed by atoms with van der Waals surface area (Å²) < 4.78 is 1.76. The first kappa shape index (κ1) is 12.7. The number of aromatic nitrogens is 4. The van der Waals surface area contributed by atoms with Crippen LogP contribution in [0.5, 0.6) is 5.75 Å². The van der Waals surface area contributed by atoms with Crippen molar-refractivity contribution in [2.24, 2.45) is 7.05 Å². The maximum absolute atomic E-state index is 9.93. The highest BCUT2D eigenvalue weighted by Crippen LogP contribution is 2.31. The minimum atomic E-state index is 0.200. The van der Waals surface area contributed by atoms with Crippen LogP contribution >= 0.6 is 11.6 Å². The van der Waals surface area contributed by atoms with Crippen LogP contribution in [0.25, 0.3) is 22.8 Å². The number of aryl methyl sites for hydroxylation is 1. The SMILES string of the molecule is Cc1ccc(O)c(-c2cc(-c3ncc(Cl)n3C)[nH]n2)c1. The van der Waals surface area contributed by atoms with Crippen molar-refractivity contribution in [3.63, 3.8) is 0 Å². The molecule has 2 N–H and O–H groups in total. The first-order valence-electron chi connectivity index (χ1n) is 6.09. The van der Waals surface area contributed by atoms with Gasteiger partial charge in [-0.15, -0.1) is 0 Å². The molecule has 0 atom stereocenters. The molecule has 2 heterocycles. The molecule has 3 aromatic rings. The molecule has 0 aliphatic carbocycles. The van der Waals surface area contributed by atoms with Gasteiger partial charge in [0, 0.05) is 12.6 Å². The molecule has 2 aromatic heterocycles. The summed E-state index contributed by atoms with van der Waals surface area (Å²) in [5.74, 6) is 0.896. The first-order valence-corrected chi connectivity index (χ1v) is 6.47. The van der Waals surface area contributed by atoms with Crippen LogP contribution in [0.4, 0.5) is 0 Å². The summed E-state index contributed by atoms with van der Waals surface area (Å²) in [5.41, 5.74) is 3.16. The predicted octanol–water partition coefficient (Wildman–Crippen LogP) is 3.14. The van der Waals surface area contributed by atoms with E-state index in [2.05, 4.69) is 15.2 Å². The number of nitrogens with zero attached hydrogens (tertiary/aromatic N) is 3. The number of aromatic amines is 1. The molecule has 5 nitrogen and oxygen atoms in total. The highest BCUT2D eigenvalue weighted by atomic mass is 35.5. The fourth-order valence-corrected chi connectivity index (χ4v) is 2.20. The number of phenolic OH excluding ortho intramolecular Hbond substituents is 1. The van der Waals surface area contributed by atoms with Crippen molar-refractivity contribution in [2.45, 2.75) is 6.92 Å². The van der Waals surface area contributed by atoms with Crippen LogP contribution < -0.4 is 0 Å². The molecule has 0 saturated carbocycles. The Morgan fingerprint density at radius 3 is 2.80 bits per heavy atom. The van der Waals surface area contributed by atoms with Gasteiger partial charge in [0.15, 0.2) is 5.82 Å². The van der Waals surface area contributed by atoms with E-state index in [0.717, 1.165) is 11.3 Å². The Morgan fingerprint density at radius 1 is 1.30 bits per heavy atom. The van der Waals surface area contributed by atoms with Crippen LogP contribution in [0.1, 0.15) is 5.56 Å². The topological polar surface area (TPSA) is 66.7 Å². The van der Waals surface area contributed by atoms with Crippen molar-refractivity contribution >= 4 is 11.6 Å². The lowest BCUT2D eigenvalue weighted by Crippen LogP contribution is -1.92. The molecule has 0 saturated heterocycles. The zero-order chi connectivity index (χ0) is 14.3. The predicted molar refractivity (Wildman–Crippen MR) is 77.6 cm³/mol. The summed E-state index contributed by atoms with van der Waals surface area (Å²) in [4.78, 5) is 4.23. The number of rotatable bonds is 2. The lowest BCUT2D eigenvalue weighted by Gasteiger charge is -2.01. The standard InChI is InChI=1S/C14H13ClN4O/c1-8-3-4-12(20)9(5-8)10-6-11(18-17-10)14-16-7-13(15)19(14)2/h3-7,20H,1-2H3,(H,17,18). The van der Waals surface area contributed by atoms with E-state index in [1.165, 1.54) is 0 Å². The lowest BCUT2D eigenvalue weighted by molar-refractivity contribution is 0.477. The second-order valence-corrected chi connectivity index (χ2v) is 5.04. The van der Waals surface area contributed by atoms with E-state index in [-0.39, 0.29) is 5.75 Å². The molecule has 6 heteroatoms. The van der Waals surface area contributed by atoms with Gasteiger partial charge in [-0.05, 0) is 25.1 Å². The molecule has 1 aromatic carbocycles. The van der Waals surface area contributed by atoms with E-state index in [1.807, 2.05) is 32.2 Å². The third-order valence-corrected chi connectivity index (χ3v) is 3.53. The smallest absolute Gasteiger partial charge is 0.158 e. The first-order chi connectivity index (χ1) is 9.56. The summed E-state index contributed by atoms with van der Waals surface area (Å²) in [6.07, 6.45) is 1.58. The number of nitrogens with one attached hydrogen (secondary N) is 1. The number of phenols is 1. The molecule has 0 spiro atoms. The summed E-state index contributed by atoms with van der Waals surface area (Å²) in [6.45, 7) is 1.97. The number of imidazole rings is 1. The normalized spacial score (nSPS) is 10.9. The molecular weight excluding hydrogens is 276 g/mol. The molecular formula is C14H13ClN4O. The summed E-state index contributed by atoms with van der Waals surface area (Å²) in [7, 11) is 1.83. The van der Waals surface area contributed by atoms with Gasteiger partial charge in [-0.25, -0.2) is 4.98 Å². The van der Waals surface area contributed by atoms with E-state index in [4.69, 9.17) is 11.6 Å². The molecule has 0 aliphatic rings. The van der Waals surface area contributed by atoms with Crippen LogP contribution in [0, 0.1) is 6.92 Å². The summed E-state index contributed by atoms with van der Waals surface area (Å²) >= 11 is 5.98. The Morgan fingerprint density at radius 2 is 2.10 bits per heavy atom. The van der Waals surface area contributed by atoms with Crippen molar-refractivity contribution < 1.29 is 5.11 Å². The second kappa shape index (κ2) is 4.68. The van der Waals surface area contributed by atoms with Crippen LogP contribution in [0.15, 0.2) is 30.5 Å². The van der Waals surface area contributed by atoms with Gasteiger partial charge in [0.1, 0.15) is 16.6 Å². The highest BCUT2D eigenvalue weighted by molar-refractivity contribution is 6.29. The van der Waals surface area contributed by atoms with Gasteiger partial charge in [0.05, 0.1) is 11.9 Å². The average Bonchev–Trinajstić information content (AvgIpc) is 3.01. The molecule has 0 radical (unpaired) electrons. The van der Waals surface area contributed by atoms with Crippen LogP contribution in [-0.2, 0) is 7.05 Å². The van der Waals surface area contributed by atoms with E-state index in [0.29, 0.717) is 22.2 Å². The van der Waals surface area contributed by atoms with E-state index in [9.17, 15) is 5.11 Å². The van der Waals surface area contributed by atoms with Gasteiger partial charge in [-0.1, -0.05) is 23.2 Å². The van der Waals surface area contributed by atoms with Crippen molar-refractivity contribution in [1.82, 2.24) is 19.7 Å². The molecule has 102 valence electrons. The number of hydrogen-bond acceptors (Lipinski definition) is 3. The number of benzene rings is 1. The minimum absolute atomic E-state index is 0.200. The van der Waals surface area contributed by atoms with Gasteiger partial charge >= 0.3 is 0 Å². The number of aromatic hydroxyl groups is 1.